The van der Waals surface area contributed by atoms with Crippen molar-refractivity contribution in [2.75, 3.05) is 7.11 Å². The lowest BCUT2D eigenvalue weighted by atomic mass is 10.1. The number of nitrogens with zero attached hydrogens (tertiary/aromatic N) is 1. The van der Waals surface area contributed by atoms with Gasteiger partial charge in [0.1, 0.15) is 16.9 Å². The molecule has 0 radical (unpaired) electrons. The van der Waals surface area contributed by atoms with Crippen LogP contribution in [-0.4, -0.2) is 29.2 Å². The Labute approximate surface area is 151 Å². The number of halogens is 4. The fourth-order valence-corrected chi connectivity index (χ4v) is 2.68. The number of H-pyrrole nitrogens is 1. The van der Waals surface area contributed by atoms with Crippen LogP contribution in [0.15, 0.2) is 41.6 Å². The van der Waals surface area contributed by atoms with Gasteiger partial charge < -0.3 is 9.72 Å². The zero-order valence-corrected chi connectivity index (χ0v) is 14.5. The summed E-state index contributed by atoms with van der Waals surface area (Å²) in [7, 11) is 1.36. The van der Waals surface area contributed by atoms with Crippen molar-refractivity contribution in [2.45, 2.75) is 17.2 Å². The zero-order valence-electron chi connectivity index (χ0n) is 12.9. The highest BCUT2D eigenvalue weighted by atomic mass is 35.5. The van der Waals surface area contributed by atoms with Crippen molar-refractivity contribution in [2.24, 2.45) is 0 Å². The third kappa shape index (κ3) is 5.80. The molecule has 134 valence electrons. The lowest BCUT2D eigenvalue weighted by Gasteiger charge is -2.21. The van der Waals surface area contributed by atoms with E-state index < -0.39 is 12.2 Å². The van der Waals surface area contributed by atoms with Crippen molar-refractivity contribution in [3.63, 3.8) is 0 Å². The number of benzene rings is 1. The second-order valence-corrected chi connectivity index (χ2v) is 6.10. The number of aromatic amines is 1. The number of ether oxygens (including phenoxy) is 1. The predicted octanol–water partition coefficient (Wildman–Crippen LogP) is 4.60. The number of rotatable bonds is 6. The Morgan fingerprint density at radius 1 is 1.40 bits per heavy atom. The van der Waals surface area contributed by atoms with Gasteiger partial charge in [-0.1, -0.05) is 23.7 Å². The maximum atomic E-state index is 13.3. The van der Waals surface area contributed by atoms with E-state index in [-0.39, 0.29) is 11.5 Å². The van der Waals surface area contributed by atoms with E-state index in [9.17, 15) is 13.2 Å². The number of methoxy groups -OCH3 is 1. The average Bonchev–Trinajstić information content (AvgIpc) is 3.01. The first kappa shape index (κ1) is 19.4. The van der Waals surface area contributed by atoms with Crippen molar-refractivity contribution in [1.82, 2.24) is 14.7 Å². The monoisotopic (exact) mass is 390 g/mol. The Hall–Kier alpha value is -1.97. The molecule has 0 amide bonds. The summed E-state index contributed by atoms with van der Waals surface area (Å²) < 4.78 is 46.9. The van der Waals surface area contributed by atoms with Gasteiger partial charge >= 0.3 is 6.18 Å². The first-order valence-corrected chi connectivity index (χ1v) is 8.09. The van der Waals surface area contributed by atoms with Gasteiger partial charge in [-0.05, 0) is 35.7 Å². The molecule has 1 aromatic heterocycles. The van der Waals surface area contributed by atoms with Crippen LogP contribution >= 0.6 is 23.5 Å². The lowest BCUT2D eigenvalue weighted by Crippen LogP contribution is -2.30. The quantitative estimate of drug-likeness (QED) is 0.383. The maximum Gasteiger partial charge on any atom is 0.408 e. The molecule has 25 heavy (non-hydrogen) atoms. The van der Waals surface area contributed by atoms with Gasteiger partial charge in [-0.15, -0.1) is 0 Å². The van der Waals surface area contributed by atoms with Crippen LogP contribution in [-0.2, 0) is 4.74 Å². The summed E-state index contributed by atoms with van der Waals surface area (Å²) in [5, 5.41) is 8.07. The Morgan fingerprint density at radius 2 is 2.08 bits per heavy atom. The molecule has 0 aliphatic heterocycles. The van der Waals surface area contributed by atoms with Crippen LogP contribution in [0.2, 0.25) is 5.02 Å². The first-order chi connectivity index (χ1) is 11.8. The minimum atomic E-state index is -4.48. The molecule has 1 unspecified atom stereocenters. The molecule has 0 aliphatic rings. The second kappa shape index (κ2) is 8.41. The number of aromatic nitrogens is 2. The number of hydrogen-bond donors (Lipinski definition) is 3. The van der Waals surface area contributed by atoms with E-state index >= 15 is 0 Å². The summed E-state index contributed by atoms with van der Waals surface area (Å²) >= 11 is 6.49. The van der Waals surface area contributed by atoms with Crippen molar-refractivity contribution in [3.8, 4) is 0 Å². The van der Waals surface area contributed by atoms with E-state index in [1.165, 1.54) is 49.7 Å². The number of nitrogens with one attached hydrogen (secondary N) is 3. The van der Waals surface area contributed by atoms with Crippen molar-refractivity contribution in [3.05, 3.63) is 52.9 Å². The van der Waals surface area contributed by atoms with E-state index in [1.807, 2.05) is 0 Å². The summed E-state index contributed by atoms with van der Waals surface area (Å²) in [5.41, 5.74) is 0.0533. The molecule has 0 spiro atoms. The topological polar surface area (TPSA) is 73.8 Å². The van der Waals surface area contributed by atoms with Gasteiger partial charge in [-0.25, -0.2) is 9.71 Å². The fraction of sp³-hybridized carbons (Fsp3) is 0.200. The predicted molar refractivity (Wildman–Crippen MR) is 91.6 cm³/mol. The minimum Gasteiger partial charge on any atom is -0.481 e. The highest BCUT2D eigenvalue weighted by Gasteiger charge is 2.40. The molecule has 0 bridgehead atoms. The summed E-state index contributed by atoms with van der Waals surface area (Å²) in [4.78, 5) is 6.81. The Bertz CT molecular complexity index is 746. The van der Waals surface area contributed by atoms with Crippen LogP contribution in [0.4, 0.5) is 13.2 Å². The van der Waals surface area contributed by atoms with E-state index in [4.69, 9.17) is 17.0 Å². The summed E-state index contributed by atoms with van der Waals surface area (Å²) in [5.74, 6) is 0.324. The zero-order chi connectivity index (χ0) is 18.4. The van der Waals surface area contributed by atoms with Gasteiger partial charge in [0.15, 0.2) is 0 Å². The third-order valence-electron chi connectivity index (χ3n) is 3.00. The van der Waals surface area contributed by atoms with Crippen LogP contribution in [0.3, 0.4) is 0 Å². The standard InChI is InChI=1S/C15H14ClF3N4OS/c1-24-11(20)6-7-12-21-8-13(22-12)25-23-14(15(17,18)19)9-2-4-10(16)5-3-9/h2-8,14,20,23H,1H3,(H,21,22)/b7-6-,20-11?. The molecule has 2 rings (SSSR count). The van der Waals surface area contributed by atoms with Gasteiger partial charge in [0.2, 0.25) is 5.90 Å². The largest absolute Gasteiger partial charge is 0.481 e. The highest BCUT2D eigenvalue weighted by Crippen LogP contribution is 2.35. The normalized spacial score (nSPS) is 13.2. The van der Waals surface area contributed by atoms with Crippen LogP contribution < -0.4 is 4.72 Å². The van der Waals surface area contributed by atoms with Crippen molar-refractivity contribution in [1.29, 1.82) is 5.41 Å². The molecule has 1 aromatic carbocycles. The van der Waals surface area contributed by atoms with E-state index in [1.54, 1.807) is 0 Å². The van der Waals surface area contributed by atoms with Crippen LogP contribution in [0.5, 0.6) is 0 Å². The van der Waals surface area contributed by atoms with Crippen molar-refractivity contribution < 1.29 is 17.9 Å². The van der Waals surface area contributed by atoms with Crippen LogP contribution in [0.1, 0.15) is 17.4 Å². The number of hydrogen-bond acceptors (Lipinski definition) is 5. The molecule has 1 atom stereocenters. The molecular weight excluding hydrogens is 377 g/mol. The van der Waals surface area contributed by atoms with E-state index in [2.05, 4.69) is 19.4 Å². The Balaban J connectivity index is 2.06. The van der Waals surface area contributed by atoms with Gasteiger partial charge in [0.25, 0.3) is 0 Å². The van der Waals surface area contributed by atoms with E-state index in [0.717, 1.165) is 11.9 Å². The SMILES string of the molecule is COC(=N)/C=C\c1ncc(SNC(c2ccc(Cl)cc2)C(F)(F)F)[nH]1. The molecule has 0 saturated carbocycles. The first-order valence-electron chi connectivity index (χ1n) is 6.90. The Morgan fingerprint density at radius 3 is 2.68 bits per heavy atom. The molecule has 0 saturated heterocycles. The molecule has 10 heteroatoms. The van der Waals surface area contributed by atoms with Gasteiger partial charge in [0, 0.05) is 11.1 Å². The maximum absolute atomic E-state index is 13.3. The molecule has 2 aromatic rings. The smallest absolute Gasteiger partial charge is 0.408 e. The summed E-state index contributed by atoms with van der Waals surface area (Å²) in [6, 6.07) is 3.60. The van der Waals surface area contributed by atoms with E-state index in [0.29, 0.717) is 15.9 Å². The minimum absolute atomic E-state index is 0.0533. The van der Waals surface area contributed by atoms with Gasteiger partial charge in [-0.2, -0.15) is 13.2 Å². The van der Waals surface area contributed by atoms with Crippen LogP contribution in [0, 0.1) is 5.41 Å². The lowest BCUT2D eigenvalue weighted by molar-refractivity contribution is -0.152. The molecule has 0 aliphatic carbocycles. The molecular formula is C15H14ClF3N4OS. The van der Waals surface area contributed by atoms with Crippen molar-refractivity contribution >= 4 is 35.5 Å². The van der Waals surface area contributed by atoms with Gasteiger partial charge in [-0.3, -0.25) is 5.41 Å². The third-order valence-corrected chi connectivity index (χ3v) is 4.03. The van der Waals surface area contributed by atoms with Crippen LogP contribution in [0.25, 0.3) is 6.08 Å². The summed E-state index contributed by atoms with van der Waals surface area (Å²) in [6.45, 7) is 0. The summed E-state index contributed by atoms with van der Waals surface area (Å²) in [6.07, 6.45) is -0.233. The highest BCUT2D eigenvalue weighted by molar-refractivity contribution is 7.97. The Kier molecular flexibility index (Phi) is 6.51. The number of imidazole rings is 1. The molecule has 0 fully saturated rings. The molecule has 5 nitrogen and oxygen atoms in total. The van der Waals surface area contributed by atoms with Gasteiger partial charge in [0.05, 0.1) is 13.3 Å². The molecule has 3 N–H and O–H groups in total. The second-order valence-electron chi connectivity index (χ2n) is 4.78. The molecule has 1 heterocycles. The number of alkyl halides is 3. The average molecular weight is 391 g/mol. The fourth-order valence-electron chi connectivity index (χ4n) is 1.78.